The Kier molecular flexibility index (Phi) is 5.55. The minimum atomic E-state index is -2.85. The van der Waals surface area contributed by atoms with Gasteiger partial charge in [-0.2, -0.15) is 0 Å². The van der Waals surface area contributed by atoms with Crippen molar-refractivity contribution in [3.63, 3.8) is 0 Å². The van der Waals surface area contributed by atoms with Crippen LogP contribution < -0.4 is 5.32 Å². The monoisotopic (exact) mass is 361 g/mol. The summed E-state index contributed by atoms with van der Waals surface area (Å²) in [7, 11) is -2.85. The van der Waals surface area contributed by atoms with Gasteiger partial charge in [0, 0.05) is 16.6 Å². The molecule has 0 amide bonds. The van der Waals surface area contributed by atoms with Gasteiger partial charge < -0.3 is 9.73 Å². The van der Waals surface area contributed by atoms with Crippen molar-refractivity contribution in [2.45, 2.75) is 19.0 Å². The fraction of sp³-hybridized carbons (Fsp3) is 0.333. The van der Waals surface area contributed by atoms with Crippen LogP contribution in [0.5, 0.6) is 0 Å². The first kappa shape index (κ1) is 17.3. The highest BCUT2D eigenvalue weighted by atomic mass is 35.5. The van der Waals surface area contributed by atoms with Crippen molar-refractivity contribution in [3.05, 3.63) is 47.2 Å². The van der Waals surface area contributed by atoms with Gasteiger partial charge in [-0.05, 0) is 30.7 Å². The standard InChI is InChI=1S/C15H16ClNO3S.ClH/c16-12-3-1-2-11(8-12)15-5-4-14(20-15)9-17-13-6-7-21(18,19)10-13;/h1-5,8,13,17H,6-7,9-10H2;1H. The number of hydrogen-bond acceptors (Lipinski definition) is 4. The quantitative estimate of drug-likeness (QED) is 0.907. The van der Waals surface area contributed by atoms with E-state index in [1.165, 1.54) is 0 Å². The second-order valence-corrected chi connectivity index (χ2v) is 7.92. The zero-order valence-electron chi connectivity index (χ0n) is 11.8. The van der Waals surface area contributed by atoms with Crippen LogP contribution in [0, 0.1) is 0 Å². The highest BCUT2D eigenvalue weighted by Gasteiger charge is 2.27. The molecule has 1 aliphatic heterocycles. The number of benzene rings is 1. The predicted molar refractivity (Wildman–Crippen MR) is 90.3 cm³/mol. The Bertz CT molecular complexity index is 743. The van der Waals surface area contributed by atoms with Crippen LogP contribution in [-0.4, -0.2) is 26.0 Å². The minimum Gasteiger partial charge on any atom is -0.460 e. The molecule has 3 rings (SSSR count). The lowest BCUT2D eigenvalue weighted by Gasteiger charge is -2.08. The molecule has 1 aromatic heterocycles. The van der Waals surface area contributed by atoms with Gasteiger partial charge in [0.1, 0.15) is 11.5 Å². The fourth-order valence-corrected chi connectivity index (χ4v) is 4.37. The summed E-state index contributed by atoms with van der Waals surface area (Å²) in [6.07, 6.45) is 0.671. The van der Waals surface area contributed by atoms with Gasteiger partial charge in [0.2, 0.25) is 0 Å². The molecule has 4 nitrogen and oxygen atoms in total. The van der Waals surface area contributed by atoms with Crippen LogP contribution in [0.25, 0.3) is 11.3 Å². The molecule has 2 heterocycles. The van der Waals surface area contributed by atoms with E-state index in [2.05, 4.69) is 5.32 Å². The van der Waals surface area contributed by atoms with Crippen molar-refractivity contribution >= 4 is 33.8 Å². The van der Waals surface area contributed by atoms with Crippen LogP contribution in [0.15, 0.2) is 40.8 Å². The van der Waals surface area contributed by atoms with E-state index >= 15 is 0 Å². The molecular weight excluding hydrogens is 345 g/mol. The van der Waals surface area contributed by atoms with Crippen molar-refractivity contribution in [2.75, 3.05) is 11.5 Å². The number of sulfone groups is 1. The van der Waals surface area contributed by atoms with Crippen LogP contribution in [0.3, 0.4) is 0 Å². The Hall–Kier alpha value is -1.01. The molecule has 1 fully saturated rings. The molecular formula is C15H17Cl2NO3S. The fourth-order valence-electron chi connectivity index (χ4n) is 2.47. The molecule has 0 aliphatic carbocycles. The molecule has 0 spiro atoms. The van der Waals surface area contributed by atoms with Crippen molar-refractivity contribution in [2.24, 2.45) is 0 Å². The summed E-state index contributed by atoms with van der Waals surface area (Å²) in [6.45, 7) is 0.529. The first-order chi connectivity index (χ1) is 10.0. The highest BCUT2D eigenvalue weighted by molar-refractivity contribution is 7.91. The average molecular weight is 362 g/mol. The van der Waals surface area contributed by atoms with Crippen LogP contribution >= 0.6 is 24.0 Å². The Morgan fingerprint density at radius 2 is 2.09 bits per heavy atom. The number of furan rings is 1. The van der Waals surface area contributed by atoms with E-state index in [1.807, 2.05) is 36.4 Å². The predicted octanol–water partition coefficient (Wildman–Crippen LogP) is 3.30. The molecule has 7 heteroatoms. The molecule has 0 saturated carbocycles. The van der Waals surface area contributed by atoms with E-state index in [1.54, 1.807) is 0 Å². The molecule has 2 aromatic rings. The van der Waals surface area contributed by atoms with Gasteiger partial charge in [-0.25, -0.2) is 8.42 Å². The lowest BCUT2D eigenvalue weighted by Crippen LogP contribution is -2.29. The summed E-state index contributed by atoms with van der Waals surface area (Å²) in [6, 6.07) is 11.3. The van der Waals surface area contributed by atoms with Crippen LogP contribution in [0.4, 0.5) is 0 Å². The molecule has 1 unspecified atom stereocenters. The third-order valence-electron chi connectivity index (χ3n) is 3.57. The highest BCUT2D eigenvalue weighted by Crippen LogP contribution is 2.25. The molecule has 1 saturated heterocycles. The summed E-state index contributed by atoms with van der Waals surface area (Å²) in [5.74, 6) is 2.04. The summed E-state index contributed by atoms with van der Waals surface area (Å²) in [5, 5.41) is 3.90. The van der Waals surface area contributed by atoms with Crippen molar-refractivity contribution in [3.8, 4) is 11.3 Å². The first-order valence-electron chi connectivity index (χ1n) is 6.80. The normalized spacial score (nSPS) is 19.8. The first-order valence-corrected chi connectivity index (χ1v) is 9.00. The lowest BCUT2D eigenvalue weighted by atomic mass is 10.2. The number of nitrogens with one attached hydrogen (secondary N) is 1. The van der Waals surface area contributed by atoms with E-state index in [0.717, 1.165) is 17.1 Å². The molecule has 120 valence electrons. The lowest BCUT2D eigenvalue weighted by molar-refractivity contribution is 0.464. The molecule has 1 N–H and O–H groups in total. The SMILES string of the molecule is Cl.O=S1(=O)CCC(NCc2ccc(-c3cccc(Cl)c3)o2)C1. The van der Waals surface area contributed by atoms with Crippen LogP contribution in [-0.2, 0) is 16.4 Å². The third kappa shape index (κ3) is 4.26. The topological polar surface area (TPSA) is 59.3 Å². The van der Waals surface area contributed by atoms with E-state index < -0.39 is 9.84 Å². The Morgan fingerprint density at radius 3 is 2.77 bits per heavy atom. The smallest absolute Gasteiger partial charge is 0.151 e. The average Bonchev–Trinajstić information content (AvgIpc) is 3.03. The molecule has 1 aliphatic rings. The van der Waals surface area contributed by atoms with E-state index in [4.69, 9.17) is 16.0 Å². The van der Waals surface area contributed by atoms with Gasteiger partial charge in [0.05, 0.1) is 18.1 Å². The molecule has 22 heavy (non-hydrogen) atoms. The largest absolute Gasteiger partial charge is 0.460 e. The minimum absolute atomic E-state index is 0. The van der Waals surface area contributed by atoms with E-state index in [0.29, 0.717) is 18.0 Å². The Labute approximate surface area is 141 Å². The van der Waals surface area contributed by atoms with Gasteiger partial charge in [0.25, 0.3) is 0 Å². The van der Waals surface area contributed by atoms with Gasteiger partial charge in [-0.15, -0.1) is 12.4 Å². The number of halogens is 2. The maximum absolute atomic E-state index is 11.4. The summed E-state index contributed by atoms with van der Waals surface area (Å²) in [4.78, 5) is 0. The van der Waals surface area contributed by atoms with Gasteiger partial charge in [0.15, 0.2) is 9.84 Å². The molecule has 1 aromatic carbocycles. The van der Waals surface area contributed by atoms with E-state index in [-0.39, 0.29) is 30.0 Å². The van der Waals surface area contributed by atoms with Gasteiger partial charge in [-0.1, -0.05) is 23.7 Å². The second-order valence-electron chi connectivity index (χ2n) is 5.26. The number of hydrogen-bond donors (Lipinski definition) is 1. The maximum Gasteiger partial charge on any atom is 0.151 e. The van der Waals surface area contributed by atoms with Crippen molar-refractivity contribution in [1.82, 2.24) is 5.32 Å². The zero-order chi connectivity index (χ0) is 14.9. The molecule has 1 atom stereocenters. The van der Waals surface area contributed by atoms with Crippen molar-refractivity contribution < 1.29 is 12.8 Å². The van der Waals surface area contributed by atoms with E-state index in [9.17, 15) is 8.42 Å². The third-order valence-corrected chi connectivity index (χ3v) is 5.57. The Balaban J connectivity index is 0.00000176. The summed E-state index contributed by atoms with van der Waals surface area (Å²) < 4.78 is 28.6. The van der Waals surface area contributed by atoms with Crippen LogP contribution in [0.1, 0.15) is 12.2 Å². The molecule has 0 bridgehead atoms. The Morgan fingerprint density at radius 1 is 1.27 bits per heavy atom. The zero-order valence-corrected chi connectivity index (χ0v) is 14.2. The summed E-state index contributed by atoms with van der Waals surface area (Å²) in [5.41, 5.74) is 0.928. The van der Waals surface area contributed by atoms with Crippen LogP contribution in [0.2, 0.25) is 5.02 Å². The number of rotatable bonds is 4. The van der Waals surface area contributed by atoms with Crippen molar-refractivity contribution in [1.29, 1.82) is 0 Å². The summed E-state index contributed by atoms with van der Waals surface area (Å²) >= 11 is 5.96. The van der Waals surface area contributed by atoms with Gasteiger partial charge in [-0.3, -0.25) is 0 Å². The second kappa shape index (κ2) is 7.04. The molecule has 0 radical (unpaired) electrons. The van der Waals surface area contributed by atoms with Gasteiger partial charge >= 0.3 is 0 Å². The maximum atomic E-state index is 11.4.